The van der Waals surface area contributed by atoms with Gasteiger partial charge in [0.05, 0.1) is 18.2 Å². The second-order valence-electron chi connectivity index (χ2n) is 12.9. The van der Waals surface area contributed by atoms with E-state index in [-0.39, 0.29) is 52.1 Å². The van der Waals surface area contributed by atoms with Crippen molar-refractivity contribution in [3.63, 3.8) is 0 Å². The predicted octanol–water partition coefficient (Wildman–Crippen LogP) is 4.42. The number of benzene rings is 3. The van der Waals surface area contributed by atoms with Crippen LogP contribution in [0.1, 0.15) is 76.1 Å². The number of fused-ring (bicyclic) bond motifs is 4. The van der Waals surface area contributed by atoms with Gasteiger partial charge in [-0.05, 0) is 55.2 Å². The second kappa shape index (κ2) is 9.58. The summed E-state index contributed by atoms with van der Waals surface area (Å²) in [6, 6.07) is 11.7. The Morgan fingerprint density at radius 1 is 1.00 bits per heavy atom. The van der Waals surface area contributed by atoms with Gasteiger partial charge in [-0.3, -0.25) is 14.4 Å². The summed E-state index contributed by atoms with van der Waals surface area (Å²) >= 11 is 0. The van der Waals surface area contributed by atoms with Crippen LogP contribution in [0.5, 0.6) is 17.2 Å². The Hall–Kier alpha value is -5.35. The summed E-state index contributed by atoms with van der Waals surface area (Å²) in [5, 5.41) is 40.8. The maximum Gasteiger partial charge on any atom is 0.268 e. The number of methoxy groups -OCH3 is 1. The lowest BCUT2D eigenvalue weighted by molar-refractivity contribution is -0.138. The van der Waals surface area contributed by atoms with E-state index in [1.807, 2.05) is 44.2 Å². The van der Waals surface area contributed by atoms with Crippen molar-refractivity contribution in [3.05, 3.63) is 105 Å². The van der Waals surface area contributed by atoms with E-state index in [2.05, 4.69) is 22.2 Å². The van der Waals surface area contributed by atoms with Crippen LogP contribution < -0.4 is 15.4 Å². The van der Waals surface area contributed by atoms with Crippen molar-refractivity contribution in [2.24, 2.45) is 0 Å². The lowest BCUT2D eigenvalue weighted by Crippen LogP contribution is -2.65. The third-order valence-corrected chi connectivity index (χ3v) is 9.83. The molecule has 1 aliphatic heterocycles. The second-order valence-corrected chi connectivity index (χ2v) is 12.9. The smallest absolute Gasteiger partial charge is 0.268 e. The highest BCUT2D eigenvalue weighted by Gasteiger charge is 2.59. The van der Waals surface area contributed by atoms with Crippen LogP contribution in [0, 0.1) is 6.92 Å². The average molecular weight is 620 g/mol. The van der Waals surface area contributed by atoms with Gasteiger partial charge in [0.25, 0.3) is 11.8 Å². The molecule has 2 amide bonds. The molecule has 2 aliphatic carbocycles. The van der Waals surface area contributed by atoms with Crippen LogP contribution in [0.25, 0.3) is 17.0 Å². The van der Waals surface area contributed by atoms with Crippen molar-refractivity contribution >= 4 is 34.6 Å². The van der Waals surface area contributed by atoms with Crippen molar-refractivity contribution in [2.45, 2.75) is 50.2 Å². The Labute approximate surface area is 264 Å². The number of carbonyl (C=O) groups excluding carboxylic acids is 3. The van der Waals surface area contributed by atoms with E-state index >= 15 is 0 Å². The number of H-pyrrole nitrogens is 1. The van der Waals surface area contributed by atoms with Gasteiger partial charge in [-0.15, -0.1) is 6.58 Å². The number of phenolic OH excluding ortho intramolecular Hbond substituents is 2. The Balaban J connectivity index is 1.39. The lowest BCUT2D eigenvalue weighted by atomic mass is 9.60. The minimum absolute atomic E-state index is 0.0240. The van der Waals surface area contributed by atoms with Crippen LogP contribution in [0.2, 0.25) is 0 Å². The largest absolute Gasteiger partial charge is 0.507 e. The lowest BCUT2D eigenvalue weighted by Gasteiger charge is -2.50. The summed E-state index contributed by atoms with van der Waals surface area (Å²) < 4.78 is 5.31. The summed E-state index contributed by atoms with van der Waals surface area (Å²) in [6.07, 6.45) is 3.30. The van der Waals surface area contributed by atoms with Gasteiger partial charge in [-0.2, -0.15) is 0 Å². The molecular formula is C36H33N3O7. The number of nitrogens with one attached hydrogen (secondary N) is 3. The SMILES string of the molecule is C=CC(C)(C)c1[nH]c2ccccc2c1/C=C1\NC(=O)[C@@]2(CC[C@@]3(O)c4cc(OC)cc(O)c4C(=O)c4c(O)cc(C)c2c43)NC1=O. The number of rotatable bonds is 4. The molecule has 7 rings (SSSR count). The molecule has 6 N–H and O–H groups in total. The number of allylic oxidation sites excluding steroid dienone is 1. The summed E-state index contributed by atoms with van der Waals surface area (Å²) in [5.41, 5.74) is -1.23. The van der Waals surface area contributed by atoms with Crippen molar-refractivity contribution in [1.82, 2.24) is 15.6 Å². The molecule has 4 aromatic rings. The summed E-state index contributed by atoms with van der Waals surface area (Å²) in [6.45, 7) is 9.62. The van der Waals surface area contributed by atoms with E-state index in [1.54, 1.807) is 13.0 Å². The molecule has 234 valence electrons. The fourth-order valence-electron chi connectivity index (χ4n) is 7.41. The summed E-state index contributed by atoms with van der Waals surface area (Å²) in [5.74, 6) is -2.42. The maximum absolute atomic E-state index is 14.3. The van der Waals surface area contributed by atoms with Gasteiger partial charge in [0, 0.05) is 44.8 Å². The zero-order valence-corrected chi connectivity index (χ0v) is 25.8. The number of aromatic hydroxyl groups is 2. The highest BCUT2D eigenvalue weighted by atomic mass is 16.5. The topological polar surface area (TPSA) is 161 Å². The van der Waals surface area contributed by atoms with E-state index in [0.717, 1.165) is 22.2 Å². The number of hydrogen-bond acceptors (Lipinski definition) is 7. The van der Waals surface area contributed by atoms with Crippen molar-refractivity contribution in [2.75, 3.05) is 7.11 Å². The molecular weight excluding hydrogens is 586 g/mol. The fraction of sp³-hybridized carbons (Fsp3) is 0.250. The van der Waals surface area contributed by atoms with Crippen LogP contribution in [0.3, 0.4) is 0 Å². The Morgan fingerprint density at radius 3 is 2.43 bits per heavy atom. The first-order valence-electron chi connectivity index (χ1n) is 14.9. The minimum atomic E-state index is -1.88. The number of ketones is 1. The maximum atomic E-state index is 14.3. The van der Waals surface area contributed by atoms with E-state index < -0.39 is 45.7 Å². The molecule has 1 aromatic heterocycles. The number of para-hydroxylation sites is 1. The molecule has 1 saturated heterocycles. The Morgan fingerprint density at radius 2 is 1.72 bits per heavy atom. The molecule has 1 fully saturated rings. The Kier molecular flexibility index (Phi) is 6.11. The molecule has 10 heteroatoms. The van der Waals surface area contributed by atoms with E-state index in [9.17, 15) is 29.7 Å². The van der Waals surface area contributed by atoms with Crippen molar-refractivity contribution in [3.8, 4) is 17.2 Å². The number of amides is 2. The van der Waals surface area contributed by atoms with Gasteiger partial charge in [0.15, 0.2) is 0 Å². The number of ether oxygens (including phenoxy) is 1. The van der Waals surface area contributed by atoms with Gasteiger partial charge in [-0.1, -0.05) is 38.1 Å². The third kappa shape index (κ3) is 3.76. The monoisotopic (exact) mass is 619 g/mol. The summed E-state index contributed by atoms with van der Waals surface area (Å²) in [7, 11) is 1.39. The van der Waals surface area contributed by atoms with Gasteiger partial charge in [0.1, 0.15) is 34.1 Å². The van der Waals surface area contributed by atoms with E-state index in [0.29, 0.717) is 5.56 Å². The number of aromatic nitrogens is 1. The number of aromatic amines is 1. The summed E-state index contributed by atoms with van der Waals surface area (Å²) in [4.78, 5) is 45.5. The zero-order valence-electron chi connectivity index (χ0n) is 25.8. The molecule has 0 bridgehead atoms. The highest BCUT2D eigenvalue weighted by molar-refractivity contribution is 6.18. The van der Waals surface area contributed by atoms with Gasteiger partial charge in [-0.25, -0.2) is 0 Å². The molecule has 10 nitrogen and oxygen atoms in total. The number of aliphatic hydroxyl groups is 1. The minimum Gasteiger partial charge on any atom is -0.507 e. The first-order valence-corrected chi connectivity index (χ1v) is 14.9. The first kappa shape index (κ1) is 29.4. The molecule has 2 atom stereocenters. The molecule has 0 radical (unpaired) electrons. The molecule has 3 aromatic carbocycles. The van der Waals surface area contributed by atoms with Gasteiger partial charge in [0.2, 0.25) is 5.78 Å². The number of carbonyl (C=O) groups is 3. The number of aryl methyl sites for hydroxylation is 1. The van der Waals surface area contributed by atoms with Gasteiger partial charge < -0.3 is 35.7 Å². The molecule has 2 heterocycles. The molecule has 0 unspecified atom stereocenters. The molecule has 3 aliphatic rings. The Bertz CT molecular complexity index is 2110. The average Bonchev–Trinajstić information content (AvgIpc) is 3.39. The number of piperazine rings is 1. The molecule has 1 spiro atoms. The van der Waals surface area contributed by atoms with Crippen LogP contribution >= 0.6 is 0 Å². The fourth-order valence-corrected chi connectivity index (χ4v) is 7.41. The van der Waals surface area contributed by atoms with Crippen LogP contribution in [0.4, 0.5) is 0 Å². The normalized spacial score (nSPS) is 22.8. The molecule has 0 saturated carbocycles. The number of phenols is 2. The highest BCUT2D eigenvalue weighted by Crippen LogP contribution is 2.57. The van der Waals surface area contributed by atoms with Crippen molar-refractivity contribution < 1.29 is 34.4 Å². The quantitative estimate of drug-likeness (QED) is 0.146. The first-order chi connectivity index (χ1) is 21.8. The van der Waals surface area contributed by atoms with E-state index in [1.165, 1.54) is 25.3 Å². The third-order valence-electron chi connectivity index (χ3n) is 9.83. The van der Waals surface area contributed by atoms with Crippen LogP contribution in [-0.4, -0.2) is 45.0 Å². The van der Waals surface area contributed by atoms with Crippen LogP contribution in [-0.2, 0) is 26.1 Å². The van der Waals surface area contributed by atoms with E-state index in [4.69, 9.17) is 4.74 Å². The number of hydrogen-bond donors (Lipinski definition) is 6. The van der Waals surface area contributed by atoms with Gasteiger partial charge >= 0.3 is 0 Å². The van der Waals surface area contributed by atoms with Crippen LogP contribution in [0.15, 0.2) is 60.8 Å². The zero-order chi connectivity index (χ0) is 32.9. The standard InChI is InChI=1S/C36H33N3O7/c1-6-34(3,4)31-20(19-9-7-8-10-22(19)37-31)16-23-32(43)39-35(33(44)38-23)11-12-36(45)21-14-18(46-5)15-25(41)26(21)30(42)27-24(40)13-17(2)28(35)29(27)36/h6-10,13-16,37,40-41,45H,1,11-12H2,2-5H3,(H,38,44)(H,39,43)/b23-16-/t35-,36+/m0/s1. The van der Waals surface area contributed by atoms with Crippen molar-refractivity contribution in [1.29, 1.82) is 0 Å². The predicted molar refractivity (Wildman–Crippen MR) is 171 cm³/mol. The molecule has 46 heavy (non-hydrogen) atoms.